The largest absolute Gasteiger partial charge is 0.425 e. The fourth-order valence-electron chi connectivity index (χ4n) is 5.95. The Balaban J connectivity index is 1.59. The smallest absolute Gasteiger partial charge is 0.328 e. The molecule has 6 heteroatoms. The Morgan fingerprint density at radius 2 is 1.64 bits per heavy atom. The van der Waals surface area contributed by atoms with Crippen LogP contribution in [0.15, 0.2) is 66.7 Å². The summed E-state index contributed by atoms with van der Waals surface area (Å²) >= 11 is 0. The maximum atomic E-state index is 14.0. The number of benzene rings is 3. The van der Waals surface area contributed by atoms with Crippen LogP contribution >= 0.6 is 0 Å². The summed E-state index contributed by atoms with van der Waals surface area (Å²) in [4.78, 5) is 43.3. The highest BCUT2D eigenvalue weighted by molar-refractivity contribution is 6.22. The maximum Gasteiger partial charge on any atom is 0.328 e. The zero-order valence-corrected chi connectivity index (χ0v) is 18.2. The van der Waals surface area contributed by atoms with Crippen LogP contribution in [-0.2, 0) is 14.3 Å². The number of hydrogen-bond acceptors (Lipinski definition) is 5. The van der Waals surface area contributed by atoms with Crippen molar-refractivity contribution in [3.8, 4) is 5.75 Å². The first-order chi connectivity index (χ1) is 16.0. The van der Waals surface area contributed by atoms with E-state index >= 15 is 0 Å². The van der Waals surface area contributed by atoms with Crippen LogP contribution in [0.4, 0.5) is 0 Å². The van der Waals surface area contributed by atoms with E-state index in [0.717, 1.165) is 16.3 Å². The van der Waals surface area contributed by atoms with Crippen LogP contribution < -0.4 is 4.74 Å². The van der Waals surface area contributed by atoms with Crippen LogP contribution in [0.1, 0.15) is 28.8 Å². The average Bonchev–Trinajstić information content (AvgIpc) is 3.46. The molecule has 0 aromatic heterocycles. The third-order valence-electron chi connectivity index (χ3n) is 7.63. The van der Waals surface area contributed by atoms with E-state index in [4.69, 9.17) is 9.47 Å². The van der Waals surface area contributed by atoms with Gasteiger partial charge in [-0.05, 0) is 23.8 Å². The van der Waals surface area contributed by atoms with Gasteiger partial charge in [-0.15, -0.1) is 0 Å². The molecule has 33 heavy (non-hydrogen) atoms. The molecule has 3 atom stereocenters. The number of Topliss-reactive ketones (excluding diaryl/α,β-unsaturated/α-hetero) is 1. The molecule has 6 rings (SSSR count). The monoisotopic (exact) mass is 441 g/mol. The fourth-order valence-corrected chi connectivity index (χ4v) is 5.95. The van der Waals surface area contributed by atoms with Crippen molar-refractivity contribution in [1.29, 1.82) is 0 Å². The van der Waals surface area contributed by atoms with Crippen molar-refractivity contribution < 1.29 is 23.9 Å². The van der Waals surface area contributed by atoms with Gasteiger partial charge in [-0.25, -0.2) is 0 Å². The van der Waals surface area contributed by atoms with Crippen LogP contribution in [0.5, 0.6) is 5.75 Å². The van der Waals surface area contributed by atoms with Gasteiger partial charge in [-0.1, -0.05) is 60.7 Å². The summed E-state index contributed by atoms with van der Waals surface area (Å²) in [6, 6.07) is 20.4. The topological polar surface area (TPSA) is 72.9 Å². The molecule has 2 aliphatic heterocycles. The number of esters is 1. The number of morpholine rings is 1. The summed E-state index contributed by atoms with van der Waals surface area (Å²) < 4.78 is 11.2. The SMILES string of the molecule is C[C@@]1(C(=O)c2ccccc2)[C@@H]2c3c(ccc4ccccc34)OC(=O)[C@@]21C(=O)N1CCOCC1. The quantitative estimate of drug-likeness (QED) is 0.269. The first kappa shape index (κ1) is 20.1. The summed E-state index contributed by atoms with van der Waals surface area (Å²) in [7, 11) is 0. The number of nitrogens with zero attached hydrogens (tertiary/aromatic N) is 1. The molecule has 1 aliphatic carbocycles. The molecule has 0 unspecified atom stereocenters. The van der Waals surface area contributed by atoms with Crippen molar-refractivity contribution in [2.45, 2.75) is 12.8 Å². The number of carbonyl (C=O) groups excluding carboxylic acids is 3. The molecule has 3 aromatic carbocycles. The number of carbonyl (C=O) groups is 3. The Morgan fingerprint density at radius 1 is 0.939 bits per heavy atom. The van der Waals surface area contributed by atoms with Gasteiger partial charge in [-0.2, -0.15) is 0 Å². The van der Waals surface area contributed by atoms with Crippen molar-refractivity contribution in [3.05, 3.63) is 77.9 Å². The molecule has 3 aliphatic rings. The van der Waals surface area contributed by atoms with Gasteiger partial charge in [-0.3, -0.25) is 14.4 Å². The summed E-state index contributed by atoms with van der Waals surface area (Å²) in [5.41, 5.74) is -1.59. The van der Waals surface area contributed by atoms with Gasteiger partial charge in [0.2, 0.25) is 5.91 Å². The normalized spacial score (nSPS) is 28.0. The minimum absolute atomic E-state index is 0.215. The lowest BCUT2D eigenvalue weighted by Crippen LogP contribution is -2.50. The third-order valence-corrected chi connectivity index (χ3v) is 7.63. The van der Waals surface area contributed by atoms with Crippen molar-refractivity contribution in [2.24, 2.45) is 10.8 Å². The molecule has 3 aromatic rings. The molecular formula is C27H23NO5. The van der Waals surface area contributed by atoms with Crippen LogP contribution in [0.2, 0.25) is 0 Å². The van der Waals surface area contributed by atoms with E-state index in [1.165, 1.54) is 0 Å². The van der Waals surface area contributed by atoms with Gasteiger partial charge in [0.05, 0.1) is 18.6 Å². The van der Waals surface area contributed by atoms with Crippen LogP contribution in [0.25, 0.3) is 10.8 Å². The molecule has 0 spiro atoms. The van der Waals surface area contributed by atoms with E-state index in [9.17, 15) is 14.4 Å². The number of fused-ring (bicyclic) bond motifs is 5. The number of rotatable bonds is 3. The molecule has 1 saturated heterocycles. The average molecular weight is 441 g/mol. The first-order valence-corrected chi connectivity index (χ1v) is 11.2. The molecule has 166 valence electrons. The summed E-state index contributed by atoms with van der Waals surface area (Å²) in [6.45, 7) is 3.34. The second-order valence-corrected chi connectivity index (χ2v) is 9.13. The van der Waals surface area contributed by atoms with E-state index in [-0.39, 0.29) is 11.7 Å². The van der Waals surface area contributed by atoms with E-state index in [1.54, 1.807) is 42.2 Å². The molecule has 1 amide bonds. The molecule has 2 fully saturated rings. The molecule has 0 bridgehead atoms. The second kappa shape index (κ2) is 6.99. The standard InChI is InChI=1S/C27H23NO5/c1-26(23(29)18-8-3-2-4-9-18)22-21-19-10-6-5-7-17(19)11-12-20(21)33-25(31)27(22,26)24(30)28-13-15-32-16-14-28/h2-12,22H,13-16H2,1H3/t22-,26-,27-/m0/s1. The van der Waals surface area contributed by atoms with Gasteiger partial charge in [0.15, 0.2) is 11.2 Å². The van der Waals surface area contributed by atoms with Crippen molar-refractivity contribution >= 4 is 28.4 Å². The van der Waals surface area contributed by atoms with Crippen LogP contribution in [0, 0.1) is 10.8 Å². The van der Waals surface area contributed by atoms with Gasteiger partial charge >= 0.3 is 5.97 Å². The van der Waals surface area contributed by atoms with Gasteiger partial charge in [0.1, 0.15) is 5.75 Å². The molecule has 0 radical (unpaired) electrons. The van der Waals surface area contributed by atoms with E-state index < -0.39 is 22.7 Å². The van der Waals surface area contributed by atoms with Crippen molar-refractivity contribution in [3.63, 3.8) is 0 Å². The van der Waals surface area contributed by atoms with Crippen molar-refractivity contribution in [2.75, 3.05) is 26.3 Å². The first-order valence-electron chi connectivity index (χ1n) is 11.2. The summed E-state index contributed by atoms with van der Waals surface area (Å²) in [6.07, 6.45) is 0. The Morgan fingerprint density at radius 3 is 2.39 bits per heavy atom. The highest BCUT2D eigenvalue weighted by Crippen LogP contribution is 2.79. The lowest BCUT2D eigenvalue weighted by atomic mass is 9.86. The Bertz CT molecular complexity index is 1310. The number of hydrogen-bond donors (Lipinski definition) is 0. The highest BCUT2D eigenvalue weighted by Gasteiger charge is 2.88. The molecule has 1 saturated carbocycles. The third kappa shape index (κ3) is 2.50. The maximum absolute atomic E-state index is 14.0. The Kier molecular flexibility index (Phi) is 4.26. The highest BCUT2D eigenvalue weighted by atomic mass is 16.5. The summed E-state index contributed by atoms with van der Waals surface area (Å²) in [5, 5.41) is 1.87. The van der Waals surface area contributed by atoms with Gasteiger partial charge in [0.25, 0.3) is 0 Å². The molecule has 0 N–H and O–H groups in total. The zero-order valence-electron chi connectivity index (χ0n) is 18.2. The fraction of sp³-hybridized carbons (Fsp3) is 0.296. The van der Waals surface area contributed by atoms with E-state index in [0.29, 0.717) is 37.6 Å². The number of amides is 1. The Labute approximate surface area is 191 Å². The molecular weight excluding hydrogens is 418 g/mol. The second-order valence-electron chi connectivity index (χ2n) is 9.13. The molecule has 6 nitrogen and oxygen atoms in total. The summed E-state index contributed by atoms with van der Waals surface area (Å²) in [5.74, 6) is -1.37. The van der Waals surface area contributed by atoms with Crippen LogP contribution in [-0.4, -0.2) is 48.9 Å². The lowest BCUT2D eigenvalue weighted by molar-refractivity contribution is -0.156. The zero-order chi connectivity index (χ0) is 22.8. The van der Waals surface area contributed by atoms with E-state index in [2.05, 4.69) is 0 Å². The predicted octanol–water partition coefficient (Wildman–Crippen LogP) is 3.59. The van der Waals surface area contributed by atoms with Crippen molar-refractivity contribution in [1.82, 2.24) is 4.90 Å². The minimum Gasteiger partial charge on any atom is -0.425 e. The number of ether oxygens (including phenoxy) is 2. The predicted molar refractivity (Wildman–Crippen MR) is 121 cm³/mol. The lowest BCUT2D eigenvalue weighted by Gasteiger charge is -2.32. The van der Waals surface area contributed by atoms with Crippen LogP contribution in [0.3, 0.4) is 0 Å². The minimum atomic E-state index is -1.59. The number of ketones is 1. The van der Waals surface area contributed by atoms with Gasteiger partial charge < -0.3 is 14.4 Å². The molecule has 2 heterocycles. The van der Waals surface area contributed by atoms with E-state index in [1.807, 2.05) is 36.4 Å². The van der Waals surface area contributed by atoms with Gasteiger partial charge in [0, 0.05) is 30.1 Å². The Hall–Kier alpha value is -3.51.